The van der Waals surface area contributed by atoms with Gasteiger partial charge in [0.25, 0.3) is 0 Å². The number of amides is 1. The van der Waals surface area contributed by atoms with Crippen molar-refractivity contribution in [3.8, 4) is 0 Å². The maximum atomic E-state index is 11.7. The zero-order chi connectivity index (χ0) is 19.1. The van der Waals surface area contributed by atoms with Crippen molar-refractivity contribution in [3.05, 3.63) is 12.2 Å². The third-order valence-electron chi connectivity index (χ3n) is 4.05. The molecule has 0 aliphatic rings. The summed E-state index contributed by atoms with van der Waals surface area (Å²) in [5.41, 5.74) is 0. The molecule has 4 N–H and O–H groups in total. The van der Waals surface area contributed by atoms with Gasteiger partial charge in [0.15, 0.2) is 0 Å². The molecular weight excluding hydrogens is 328 g/mol. The Hall–Kier alpha value is -1.93. The molecular formula is C17H31N2O6+. The van der Waals surface area contributed by atoms with Gasteiger partial charge >= 0.3 is 11.9 Å². The summed E-state index contributed by atoms with van der Waals surface area (Å²) in [5, 5.41) is 29.8. The minimum Gasteiger partial charge on any atom is -0.481 e. The SMILES string of the molecule is CCCC/C=C/C(=O)NCC[N+](CCO)(CCC(=O)O)CCC(=O)O. The number of aliphatic hydroxyl groups excluding tert-OH is 1. The third-order valence-corrected chi connectivity index (χ3v) is 4.05. The Morgan fingerprint density at radius 2 is 1.60 bits per heavy atom. The first-order chi connectivity index (χ1) is 11.8. The zero-order valence-electron chi connectivity index (χ0n) is 14.9. The lowest BCUT2D eigenvalue weighted by Gasteiger charge is -2.37. The van der Waals surface area contributed by atoms with Crippen LogP contribution < -0.4 is 5.32 Å². The van der Waals surface area contributed by atoms with Crippen LogP contribution in [0, 0.1) is 0 Å². The molecule has 25 heavy (non-hydrogen) atoms. The third kappa shape index (κ3) is 12.1. The van der Waals surface area contributed by atoms with Crippen LogP contribution in [0.25, 0.3) is 0 Å². The summed E-state index contributed by atoms with van der Waals surface area (Å²) in [6.07, 6.45) is 5.96. The van der Waals surface area contributed by atoms with Crippen molar-refractivity contribution >= 4 is 17.8 Å². The van der Waals surface area contributed by atoms with Gasteiger partial charge in [-0.1, -0.05) is 25.8 Å². The van der Waals surface area contributed by atoms with Crippen molar-refractivity contribution in [1.29, 1.82) is 0 Å². The Morgan fingerprint density at radius 3 is 2.08 bits per heavy atom. The van der Waals surface area contributed by atoms with Crippen LogP contribution in [-0.4, -0.2) is 77.0 Å². The molecule has 0 fully saturated rings. The molecule has 0 bridgehead atoms. The number of nitrogens with one attached hydrogen (secondary N) is 1. The molecule has 144 valence electrons. The summed E-state index contributed by atoms with van der Waals surface area (Å²) >= 11 is 0. The van der Waals surface area contributed by atoms with Gasteiger partial charge in [0.05, 0.1) is 45.6 Å². The van der Waals surface area contributed by atoms with Crippen molar-refractivity contribution in [3.63, 3.8) is 0 Å². The second-order valence-corrected chi connectivity index (χ2v) is 6.08. The van der Waals surface area contributed by atoms with Crippen LogP contribution >= 0.6 is 0 Å². The predicted molar refractivity (Wildman–Crippen MR) is 93.0 cm³/mol. The molecule has 0 aliphatic carbocycles. The summed E-state index contributed by atoms with van der Waals surface area (Å²) < 4.78 is 0.148. The Kier molecular flexibility index (Phi) is 12.3. The fourth-order valence-electron chi connectivity index (χ4n) is 2.54. The molecule has 0 saturated heterocycles. The number of hydrogen-bond donors (Lipinski definition) is 4. The van der Waals surface area contributed by atoms with E-state index >= 15 is 0 Å². The number of hydrogen-bond acceptors (Lipinski definition) is 4. The molecule has 0 rings (SSSR count). The fraction of sp³-hybridized carbons (Fsp3) is 0.706. The van der Waals surface area contributed by atoms with Gasteiger partial charge in [-0.2, -0.15) is 0 Å². The molecule has 0 spiro atoms. The fourth-order valence-corrected chi connectivity index (χ4v) is 2.54. The molecule has 0 aromatic heterocycles. The van der Waals surface area contributed by atoms with E-state index in [2.05, 4.69) is 12.2 Å². The van der Waals surface area contributed by atoms with E-state index in [-0.39, 0.29) is 56.0 Å². The number of carboxylic acid groups (broad SMARTS) is 2. The Morgan fingerprint density at radius 1 is 1.00 bits per heavy atom. The summed E-state index contributed by atoms with van der Waals surface area (Å²) in [6, 6.07) is 0. The van der Waals surface area contributed by atoms with Crippen molar-refractivity contribution in [2.24, 2.45) is 0 Å². The van der Waals surface area contributed by atoms with Crippen LogP contribution in [0.3, 0.4) is 0 Å². The molecule has 0 heterocycles. The van der Waals surface area contributed by atoms with E-state index < -0.39 is 11.9 Å². The van der Waals surface area contributed by atoms with Gasteiger partial charge in [-0.15, -0.1) is 0 Å². The first-order valence-electron chi connectivity index (χ1n) is 8.69. The highest BCUT2D eigenvalue weighted by molar-refractivity contribution is 5.87. The second-order valence-electron chi connectivity index (χ2n) is 6.08. The zero-order valence-corrected chi connectivity index (χ0v) is 14.9. The number of aliphatic carboxylic acids is 2. The molecule has 0 radical (unpaired) electrons. The number of nitrogens with zero attached hydrogens (tertiary/aromatic N) is 1. The van der Waals surface area contributed by atoms with Gasteiger partial charge in [0.1, 0.15) is 6.54 Å². The number of quaternary nitrogens is 1. The maximum absolute atomic E-state index is 11.7. The number of carbonyl (C=O) groups excluding carboxylic acids is 1. The molecule has 0 aromatic rings. The number of unbranched alkanes of at least 4 members (excludes halogenated alkanes) is 2. The normalized spacial score (nSPS) is 11.6. The van der Waals surface area contributed by atoms with Gasteiger partial charge in [-0.05, 0) is 12.5 Å². The van der Waals surface area contributed by atoms with E-state index in [0.717, 1.165) is 19.3 Å². The molecule has 0 unspecified atom stereocenters. The lowest BCUT2D eigenvalue weighted by molar-refractivity contribution is -0.926. The van der Waals surface area contributed by atoms with Gasteiger partial charge in [-0.25, -0.2) is 0 Å². The van der Waals surface area contributed by atoms with Gasteiger partial charge in [-0.3, -0.25) is 14.4 Å². The minimum atomic E-state index is -0.973. The van der Waals surface area contributed by atoms with Crippen molar-refractivity contribution in [2.75, 3.05) is 39.3 Å². The molecule has 1 amide bonds. The molecule has 8 nitrogen and oxygen atoms in total. The maximum Gasteiger partial charge on any atom is 0.309 e. The molecule has 0 atom stereocenters. The monoisotopic (exact) mass is 359 g/mol. The van der Waals surface area contributed by atoms with E-state index in [1.807, 2.05) is 6.08 Å². The number of carbonyl (C=O) groups is 3. The Labute approximate surface area is 148 Å². The molecule has 0 aromatic carbocycles. The number of carboxylic acids is 2. The van der Waals surface area contributed by atoms with Crippen molar-refractivity contribution < 1.29 is 34.2 Å². The Balaban J connectivity index is 4.66. The standard InChI is InChI=1S/C17H30N2O6/c1-2-3-4-5-6-15(21)18-9-12-19(13-14-20,10-7-16(22)23)11-8-17(24)25/h5-6,20H,2-4,7-14H2,1H3,(H2-,18,21,22,23,24,25)/p+1/b6-5+. The van der Waals surface area contributed by atoms with E-state index in [9.17, 15) is 19.5 Å². The van der Waals surface area contributed by atoms with E-state index in [4.69, 9.17) is 10.2 Å². The quantitative estimate of drug-likeness (QED) is 0.193. The van der Waals surface area contributed by atoms with E-state index in [0.29, 0.717) is 6.54 Å². The minimum absolute atomic E-state index is 0.121. The average molecular weight is 359 g/mol. The number of rotatable bonds is 15. The summed E-state index contributed by atoms with van der Waals surface area (Å²) in [7, 11) is 0. The summed E-state index contributed by atoms with van der Waals surface area (Å²) in [6.45, 7) is 3.23. The smallest absolute Gasteiger partial charge is 0.309 e. The summed E-state index contributed by atoms with van der Waals surface area (Å²) in [4.78, 5) is 33.5. The van der Waals surface area contributed by atoms with Crippen LogP contribution in [0.15, 0.2) is 12.2 Å². The highest BCUT2D eigenvalue weighted by Gasteiger charge is 2.28. The topological polar surface area (TPSA) is 124 Å². The van der Waals surface area contributed by atoms with Crippen LogP contribution in [0.1, 0.15) is 39.0 Å². The average Bonchev–Trinajstić information content (AvgIpc) is 2.55. The first-order valence-corrected chi connectivity index (χ1v) is 8.69. The highest BCUT2D eigenvalue weighted by Crippen LogP contribution is 2.10. The lowest BCUT2D eigenvalue weighted by atomic mass is 10.2. The van der Waals surface area contributed by atoms with Crippen LogP contribution in [0.4, 0.5) is 0 Å². The van der Waals surface area contributed by atoms with Crippen LogP contribution in [0.2, 0.25) is 0 Å². The van der Waals surface area contributed by atoms with Gasteiger partial charge in [0.2, 0.25) is 5.91 Å². The predicted octanol–water partition coefficient (Wildman–Crippen LogP) is 0.608. The second kappa shape index (κ2) is 13.4. The molecule has 0 saturated carbocycles. The summed E-state index contributed by atoms with van der Waals surface area (Å²) in [5.74, 6) is -2.17. The molecule has 8 heteroatoms. The number of aliphatic hydroxyl groups is 1. The van der Waals surface area contributed by atoms with E-state index in [1.165, 1.54) is 6.08 Å². The van der Waals surface area contributed by atoms with Crippen molar-refractivity contribution in [1.82, 2.24) is 5.32 Å². The lowest BCUT2D eigenvalue weighted by Crippen LogP contribution is -2.55. The van der Waals surface area contributed by atoms with Crippen LogP contribution in [-0.2, 0) is 14.4 Å². The number of allylic oxidation sites excluding steroid dienone is 1. The van der Waals surface area contributed by atoms with E-state index in [1.54, 1.807) is 0 Å². The first kappa shape index (κ1) is 23.1. The van der Waals surface area contributed by atoms with Crippen molar-refractivity contribution in [2.45, 2.75) is 39.0 Å². The largest absolute Gasteiger partial charge is 0.481 e. The highest BCUT2D eigenvalue weighted by atomic mass is 16.4. The molecule has 0 aliphatic heterocycles. The van der Waals surface area contributed by atoms with Crippen LogP contribution in [0.5, 0.6) is 0 Å². The Bertz CT molecular complexity index is 432. The van der Waals surface area contributed by atoms with Gasteiger partial charge in [0, 0.05) is 0 Å². The van der Waals surface area contributed by atoms with Gasteiger partial charge < -0.3 is 25.1 Å².